The van der Waals surface area contributed by atoms with Crippen molar-refractivity contribution in [2.75, 3.05) is 16.5 Å². The first-order valence-electron chi connectivity index (χ1n) is 5.50. The Kier molecular flexibility index (Phi) is 3.59. The topological polar surface area (TPSA) is 96.1 Å². The first kappa shape index (κ1) is 12.1. The quantitative estimate of drug-likeness (QED) is 0.613. The fourth-order valence-electron chi connectivity index (χ4n) is 1.54. The molecule has 0 bridgehead atoms. The predicted octanol–water partition coefficient (Wildman–Crippen LogP) is 1.78. The number of aromatic nitrogens is 2. The summed E-state index contributed by atoms with van der Waals surface area (Å²) in [6, 6.07) is 8.13. The van der Waals surface area contributed by atoms with Gasteiger partial charge in [0.25, 0.3) is 0 Å². The molecule has 18 heavy (non-hydrogen) atoms. The minimum atomic E-state index is 0.193. The van der Waals surface area contributed by atoms with Crippen molar-refractivity contribution >= 4 is 17.3 Å². The van der Waals surface area contributed by atoms with Gasteiger partial charge >= 0.3 is 0 Å². The van der Waals surface area contributed by atoms with Gasteiger partial charge in [0, 0.05) is 6.54 Å². The predicted molar refractivity (Wildman–Crippen MR) is 70.4 cm³/mol. The van der Waals surface area contributed by atoms with Gasteiger partial charge in [-0.1, -0.05) is 29.8 Å². The fraction of sp³-hybridized carbons (Fsp3) is 0.167. The molecule has 0 aliphatic heterocycles. The van der Waals surface area contributed by atoms with Crippen LogP contribution in [0.3, 0.4) is 0 Å². The second kappa shape index (κ2) is 5.33. The van der Waals surface area contributed by atoms with Crippen LogP contribution >= 0.6 is 0 Å². The zero-order valence-corrected chi connectivity index (χ0v) is 10.0. The third-order valence-electron chi connectivity index (χ3n) is 2.57. The first-order chi connectivity index (χ1) is 8.70. The highest BCUT2D eigenvalue weighted by Gasteiger charge is 2.07. The van der Waals surface area contributed by atoms with Crippen molar-refractivity contribution in [2.45, 2.75) is 13.5 Å². The summed E-state index contributed by atoms with van der Waals surface area (Å²) >= 11 is 0. The molecule has 0 unspecified atom stereocenters. The largest absolute Gasteiger partial charge is 0.382 e. The van der Waals surface area contributed by atoms with Crippen molar-refractivity contribution in [3.63, 3.8) is 0 Å². The summed E-state index contributed by atoms with van der Waals surface area (Å²) in [5.41, 5.74) is 10.2. The number of hydrogen-bond acceptors (Lipinski definition) is 6. The molecule has 0 atom stereocenters. The van der Waals surface area contributed by atoms with Crippen LogP contribution in [0.4, 0.5) is 17.3 Å². The number of nitrogens with two attached hydrogens (primary N) is 1. The van der Waals surface area contributed by atoms with E-state index in [2.05, 4.69) is 15.3 Å². The average molecular weight is 245 g/mol. The number of anilines is 3. The van der Waals surface area contributed by atoms with Gasteiger partial charge in [0.05, 0.1) is 0 Å². The highest BCUT2D eigenvalue weighted by atomic mass is 16.5. The Morgan fingerprint density at radius 1 is 1.22 bits per heavy atom. The van der Waals surface area contributed by atoms with Gasteiger partial charge in [0.15, 0.2) is 11.6 Å². The molecule has 0 saturated carbocycles. The number of rotatable bonds is 4. The lowest BCUT2D eigenvalue weighted by molar-refractivity contribution is 0.389. The van der Waals surface area contributed by atoms with Crippen LogP contribution in [0.15, 0.2) is 30.6 Å². The SMILES string of the molecule is Cc1ccc(CNc2ncnc(N)c2NO)cc1. The molecule has 1 heterocycles. The number of nitrogens with zero attached hydrogens (tertiary/aromatic N) is 2. The number of benzene rings is 1. The third kappa shape index (κ3) is 2.67. The van der Waals surface area contributed by atoms with E-state index in [4.69, 9.17) is 10.9 Å². The second-order valence-corrected chi connectivity index (χ2v) is 3.93. The number of aryl methyl sites for hydroxylation is 1. The summed E-state index contributed by atoms with van der Waals surface area (Å²) < 4.78 is 0. The Morgan fingerprint density at radius 3 is 2.61 bits per heavy atom. The van der Waals surface area contributed by atoms with Gasteiger partial charge in [-0.05, 0) is 12.5 Å². The van der Waals surface area contributed by atoms with Gasteiger partial charge in [-0.25, -0.2) is 9.97 Å². The van der Waals surface area contributed by atoms with E-state index in [9.17, 15) is 0 Å². The Labute approximate surface area is 105 Å². The molecule has 94 valence electrons. The highest BCUT2D eigenvalue weighted by Crippen LogP contribution is 2.23. The molecule has 2 rings (SSSR count). The van der Waals surface area contributed by atoms with Crippen LogP contribution in [0.5, 0.6) is 0 Å². The Bertz CT molecular complexity index is 526. The summed E-state index contributed by atoms with van der Waals surface area (Å²) in [6.07, 6.45) is 1.34. The maximum Gasteiger partial charge on any atom is 0.157 e. The molecule has 0 amide bonds. The normalized spacial score (nSPS) is 10.1. The van der Waals surface area contributed by atoms with E-state index in [1.165, 1.54) is 11.9 Å². The molecule has 0 saturated heterocycles. The zero-order valence-electron chi connectivity index (χ0n) is 10.0. The summed E-state index contributed by atoms with van der Waals surface area (Å²) in [6.45, 7) is 2.63. The zero-order chi connectivity index (χ0) is 13.0. The maximum absolute atomic E-state index is 8.98. The van der Waals surface area contributed by atoms with E-state index in [1.54, 1.807) is 0 Å². The lowest BCUT2D eigenvalue weighted by atomic mass is 10.1. The molecular weight excluding hydrogens is 230 g/mol. The molecule has 0 spiro atoms. The van der Waals surface area contributed by atoms with Gasteiger partial charge in [0.2, 0.25) is 0 Å². The van der Waals surface area contributed by atoms with Crippen molar-refractivity contribution in [3.8, 4) is 0 Å². The summed E-state index contributed by atoms with van der Waals surface area (Å²) in [5.74, 6) is 0.657. The smallest absolute Gasteiger partial charge is 0.157 e. The van der Waals surface area contributed by atoms with E-state index in [1.807, 2.05) is 36.7 Å². The molecule has 0 radical (unpaired) electrons. The van der Waals surface area contributed by atoms with Crippen molar-refractivity contribution in [1.29, 1.82) is 0 Å². The van der Waals surface area contributed by atoms with Gasteiger partial charge < -0.3 is 11.1 Å². The van der Waals surface area contributed by atoms with E-state index in [-0.39, 0.29) is 11.5 Å². The molecule has 1 aromatic heterocycles. The van der Waals surface area contributed by atoms with Gasteiger partial charge in [-0.3, -0.25) is 10.7 Å². The van der Waals surface area contributed by atoms with Crippen LogP contribution in [-0.4, -0.2) is 15.2 Å². The van der Waals surface area contributed by atoms with E-state index in [0.29, 0.717) is 12.4 Å². The number of nitrogens with one attached hydrogen (secondary N) is 2. The lowest BCUT2D eigenvalue weighted by Crippen LogP contribution is -2.08. The molecular formula is C12H15N5O. The maximum atomic E-state index is 8.98. The molecule has 6 nitrogen and oxygen atoms in total. The fourth-order valence-corrected chi connectivity index (χ4v) is 1.54. The first-order valence-corrected chi connectivity index (χ1v) is 5.50. The van der Waals surface area contributed by atoms with Gasteiger partial charge in [0.1, 0.15) is 12.0 Å². The van der Waals surface area contributed by atoms with Crippen molar-refractivity contribution in [3.05, 3.63) is 41.7 Å². The molecule has 0 aliphatic carbocycles. The van der Waals surface area contributed by atoms with E-state index < -0.39 is 0 Å². The summed E-state index contributed by atoms with van der Waals surface area (Å²) in [4.78, 5) is 7.80. The Hall–Kier alpha value is -2.34. The number of nitrogen functional groups attached to an aromatic ring is 1. The minimum absolute atomic E-state index is 0.193. The van der Waals surface area contributed by atoms with E-state index >= 15 is 0 Å². The van der Waals surface area contributed by atoms with Crippen LogP contribution in [0.1, 0.15) is 11.1 Å². The van der Waals surface area contributed by atoms with Crippen LogP contribution < -0.4 is 16.5 Å². The molecule has 5 N–H and O–H groups in total. The second-order valence-electron chi connectivity index (χ2n) is 3.93. The molecule has 2 aromatic rings. The van der Waals surface area contributed by atoms with Gasteiger partial charge in [-0.15, -0.1) is 0 Å². The van der Waals surface area contributed by atoms with Crippen LogP contribution in [0.2, 0.25) is 0 Å². The molecule has 0 fully saturated rings. The monoisotopic (exact) mass is 245 g/mol. The van der Waals surface area contributed by atoms with Crippen LogP contribution in [-0.2, 0) is 6.54 Å². The van der Waals surface area contributed by atoms with Gasteiger partial charge in [-0.2, -0.15) is 0 Å². The summed E-state index contributed by atoms with van der Waals surface area (Å²) in [7, 11) is 0. The highest BCUT2D eigenvalue weighted by molar-refractivity contribution is 5.74. The standard InChI is InChI=1S/C12H15N5O/c1-8-2-4-9(5-3-8)6-14-12-10(17-18)11(13)15-7-16-12/h2-5,7,17-18H,6H2,1H3,(H3,13,14,15,16). The Balaban J connectivity index is 2.10. The van der Waals surface area contributed by atoms with Crippen molar-refractivity contribution in [2.24, 2.45) is 0 Å². The lowest BCUT2D eigenvalue weighted by Gasteiger charge is -2.11. The number of hydrogen-bond donors (Lipinski definition) is 4. The Morgan fingerprint density at radius 2 is 1.94 bits per heavy atom. The minimum Gasteiger partial charge on any atom is -0.382 e. The average Bonchev–Trinajstić information content (AvgIpc) is 2.38. The van der Waals surface area contributed by atoms with Crippen LogP contribution in [0.25, 0.3) is 0 Å². The van der Waals surface area contributed by atoms with E-state index in [0.717, 1.165) is 5.56 Å². The van der Waals surface area contributed by atoms with Crippen molar-refractivity contribution in [1.82, 2.24) is 9.97 Å². The molecule has 6 heteroatoms. The summed E-state index contributed by atoms with van der Waals surface area (Å²) in [5, 5.41) is 12.1. The molecule has 0 aliphatic rings. The third-order valence-corrected chi connectivity index (χ3v) is 2.57. The van der Waals surface area contributed by atoms with Crippen molar-refractivity contribution < 1.29 is 5.21 Å². The molecule has 1 aromatic carbocycles. The van der Waals surface area contributed by atoms with Crippen LogP contribution in [0, 0.1) is 6.92 Å².